The molecular formula is C19H22ClFN2O2. The molecule has 6 heteroatoms. The van der Waals surface area contributed by atoms with Crippen LogP contribution in [0.25, 0.3) is 0 Å². The number of halogens is 2. The smallest absolute Gasteiger partial charge is 0.241 e. The number of rotatable bonds is 6. The number of ether oxygens (including phenoxy) is 1. The number of nitrogens with one attached hydrogen (secondary N) is 1. The van der Waals surface area contributed by atoms with Crippen LogP contribution in [0.2, 0.25) is 5.02 Å². The Kier molecular flexibility index (Phi) is 6.39. The summed E-state index contributed by atoms with van der Waals surface area (Å²) in [6.07, 6.45) is 0. The van der Waals surface area contributed by atoms with Crippen LogP contribution in [0.5, 0.6) is 5.75 Å². The first-order valence-corrected chi connectivity index (χ1v) is 8.29. The molecule has 0 fully saturated rings. The topological polar surface area (TPSA) is 41.6 Å². The van der Waals surface area contributed by atoms with Crippen molar-refractivity contribution in [1.29, 1.82) is 0 Å². The number of benzene rings is 2. The minimum absolute atomic E-state index is 0.0247. The van der Waals surface area contributed by atoms with Crippen molar-refractivity contribution in [3.63, 3.8) is 0 Å². The van der Waals surface area contributed by atoms with Crippen molar-refractivity contribution >= 4 is 23.2 Å². The second-order valence-corrected chi connectivity index (χ2v) is 6.43. The average molecular weight is 365 g/mol. The number of amides is 1. The van der Waals surface area contributed by atoms with Crippen LogP contribution in [0, 0.1) is 12.7 Å². The van der Waals surface area contributed by atoms with Crippen molar-refractivity contribution < 1.29 is 13.9 Å². The summed E-state index contributed by atoms with van der Waals surface area (Å²) in [5.74, 6) is 0.0727. The fraction of sp³-hybridized carbons (Fsp3) is 0.316. The maximum absolute atomic E-state index is 13.2. The molecule has 2 aromatic carbocycles. The second kappa shape index (κ2) is 8.32. The first kappa shape index (κ1) is 19.2. The van der Waals surface area contributed by atoms with E-state index in [2.05, 4.69) is 5.32 Å². The third kappa shape index (κ3) is 4.94. The molecule has 4 nitrogen and oxygen atoms in total. The number of methoxy groups -OCH3 is 1. The van der Waals surface area contributed by atoms with E-state index in [1.165, 1.54) is 18.2 Å². The van der Waals surface area contributed by atoms with Gasteiger partial charge in [0.2, 0.25) is 5.91 Å². The molecule has 25 heavy (non-hydrogen) atoms. The first-order chi connectivity index (χ1) is 11.8. The predicted octanol–water partition coefficient (Wildman–Crippen LogP) is 4.26. The van der Waals surface area contributed by atoms with Crippen LogP contribution < -0.4 is 10.1 Å². The summed E-state index contributed by atoms with van der Waals surface area (Å²) in [7, 11) is 3.49. The molecular weight excluding hydrogens is 343 g/mol. The molecule has 1 N–H and O–H groups in total. The molecule has 0 saturated carbocycles. The zero-order valence-electron chi connectivity index (χ0n) is 14.8. The Balaban J connectivity index is 2.06. The van der Waals surface area contributed by atoms with Crippen LogP contribution in [0.3, 0.4) is 0 Å². The Morgan fingerprint density at radius 3 is 2.68 bits per heavy atom. The molecule has 0 radical (unpaired) electrons. The van der Waals surface area contributed by atoms with E-state index in [0.29, 0.717) is 12.2 Å². The zero-order valence-corrected chi connectivity index (χ0v) is 15.5. The van der Waals surface area contributed by atoms with Crippen LogP contribution >= 0.6 is 11.6 Å². The highest BCUT2D eigenvalue weighted by molar-refractivity contribution is 6.31. The maximum atomic E-state index is 13.2. The molecule has 2 aromatic rings. The molecule has 2 rings (SSSR count). The van der Waals surface area contributed by atoms with E-state index in [0.717, 1.165) is 16.9 Å². The standard InChI is InChI=1S/C19H22ClFN2O2/c1-12-5-8-18(25-4)14(9-12)11-23(3)13(2)19(24)22-15-6-7-17(21)16(20)10-15/h5-10,13H,11H2,1-4H3,(H,22,24). The summed E-state index contributed by atoms with van der Waals surface area (Å²) < 4.78 is 18.6. The lowest BCUT2D eigenvalue weighted by molar-refractivity contribution is -0.120. The van der Waals surface area contributed by atoms with Crippen LogP contribution in [0.15, 0.2) is 36.4 Å². The largest absolute Gasteiger partial charge is 0.496 e. The number of carbonyl (C=O) groups excluding carboxylic acids is 1. The summed E-state index contributed by atoms with van der Waals surface area (Å²) >= 11 is 5.74. The molecule has 0 aromatic heterocycles. The van der Waals surface area contributed by atoms with Crippen molar-refractivity contribution in [2.45, 2.75) is 26.4 Å². The van der Waals surface area contributed by atoms with E-state index >= 15 is 0 Å². The molecule has 134 valence electrons. The Labute approximate surface area is 152 Å². The molecule has 0 aliphatic heterocycles. The van der Waals surface area contributed by atoms with Crippen LogP contribution in [0.4, 0.5) is 10.1 Å². The molecule has 1 unspecified atom stereocenters. The number of hydrogen-bond acceptors (Lipinski definition) is 3. The number of anilines is 1. The molecule has 0 saturated heterocycles. The predicted molar refractivity (Wildman–Crippen MR) is 98.7 cm³/mol. The van der Waals surface area contributed by atoms with Crippen molar-refractivity contribution in [2.24, 2.45) is 0 Å². The normalized spacial score (nSPS) is 12.1. The van der Waals surface area contributed by atoms with Gasteiger partial charge in [-0.3, -0.25) is 9.69 Å². The fourth-order valence-electron chi connectivity index (χ4n) is 2.46. The van der Waals surface area contributed by atoms with Gasteiger partial charge in [-0.1, -0.05) is 29.3 Å². The Morgan fingerprint density at radius 1 is 1.32 bits per heavy atom. The van der Waals surface area contributed by atoms with Gasteiger partial charge in [-0.25, -0.2) is 4.39 Å². The van der Waals surface area contributed by atoms with E-state index in [1.807, 2.05) is 44.0 Å². The Bertz CT molecular complexity index is 767. The molecule has 0 aliphatic rings. The lowest BCUT2D eigenvalue weighted by atomic mass is 10.1. The van der Waals surface area contributed by atoms with E-state index < -0.39 is 11.9 Å². The van der Waals surface area contributed by atoms with Crippen LogP contribution in [0.1, 0.15) is 18.1 Å². The highest BCUT2D eigenvalue weighted by atomic mass is 35.5. The third-order valence-corrected chi connectivity index (χ3v) is 4.37. The number of likely N-dealkylation sites (N-methyl/N-ethyl adjacent to an activating group) is 1. The SMILES string of the molecule is COc1ccc(C)cc1CN(C)C(C)C(=O)Nc1ccc(F)c(Cl)c1. The third-order valence-electron chi connectivity index (χ3n) is 4.08. The summed E-state index contributed by atoms with van der Waals surface area (Å²) in [6.45, 7) is 4.38. The Hall–Kier alpha value is -2.11. The van der Waals surface area contributed by atoms with Gasteiger partial charge < -0.3 is 10.1 Å². The molecule has 1 atom stereocenters. The van der Waals surface area contributed by atoms with Gasteiger partial charge >= 0.3 is 0 Å². The van der Waals surface area contributed by atoms with Crippen LogP contribution in [-0.4, -0.2) is 31.0 Å². The Morgan fingerprint density at radius 2 is 2.04 bits per heavy atom. The van der Waals surface area contributed by atoms with Gasteiger partial charge in [-0.15, -0.1) is 0 Å². The number of hydrogen-bond donors (Lipinski definition) is 1. The van der Waals surface area contributed by atoms with Gasteiger partial charge in [0.25, 0.3) is 0 Å². The van der Waals surface area contributed by atoms with E-state index in [1.54, 1.807) is 7.11 Å². The van der Waals surface area contributed by atoms with E-state index in [4.69, 9.17) is 16.3 Å². The first-order valence-electron chi connectivity index (χ1n) is 7.91. The zero-order chi connectivity index (χ0) is 18.6. The summed E-state index contributed by atoms with van der Waals surface area (Å²) in [4.78, 5) is 14.4. The lowest BCUT2D eigenvalue weighted by Crippen LogP contribution is -2.39. The van der Waals surface area contributed by atoms with E-state index in [-0.39, 0.29) is 10.9 Å². The van der Waals surface area contributed by atoms with Gasteiger partial charge in [0.05, 0.1) is 18.2 Å². The number of carbonyl (C=O) groups is 1. The highest BCUT2D eigenvalue weighted by Crippen LogP contribution is 2.23. The second-order valence-electron chi connectivity index (χ2n) is 6.02. The summed E-state index contributed by atoms with van der Waals surface area (Å²) in [6, 6.07) is 9.65. The molecule has 0 heterocycles. The van der Waals surface area contributed by atoms with Crippen molar-refractivity contribution in [1.82, 2.24) is 4.90 Å². The van der Waals surface area contributed by atoms with Crippen molar-refractivity contribution in [3.05, 3.63) is 58.4 Å². The molecule has 0 aliphatic carbocycles. The van der Waals surface area contributed by atoms with Crippen molar-refractivity contribution in [3.8, 4) is 5.75 Å². The number of aryl methyl sites for hydroxylation is 1. The average Bonchev–Trinajstić information content (AvgIpc) is 2.57. The molecule has 1 amide bonds. The monoisotopic (exact) mass is 364 g/mol. The van der Waals surface area contributed by atoms with Gasteiger partial charge in [0.15, 0.2) is 0 Å². The van der Waals surface area contributed by atoms with Gasteiger partial charge in [-0.2, -0.15) is 0 Å². The quantitative estimate of drug-likeness (QED) is 0.832. The van der Waals surface area contributed by atoms with Gasteiger partial charge in [0, 0.05) is 17.8 Å². The number of nitrogens with zero attached hydrogens (tertiary/aromatic N) is 1. The molecule has 0 bridgehead atoms. The van der Waals surface area contributed by atoms with Gasteiger partial charge in [-0.05, 0) is 45.2 Å². The van der Waals surface area contributed by atoms with Gasteiger partial charge in [0.1, 0.15) is 11.6 Å². The minimum atomic E-state index is -0.517. The lowest BCUT2D eigenvalue weighted by Gasteiger charge is -2.25. The summed E-state index contributed by atoms with van der Waals surface area (Å²) in [5, 5.41) is 2.73. The maximum Gasteiger partial charge on any atom is 0.241 e. The summed E-state index contributed by atoms with van der Waals surface area (Å²) in [5.41, 5.74) is 2.60. The molecule has 0 spiro atoms. The van der Waals surface area contributed by atoms with Crippen LogP contribution in [-0.2, 0) is 11.3 Å². The van der Waals surface area contributed by atoms with E-state index in [9.17, 15) is 9.18 Å². The fourth-order valence-corrected chi connectivity index (χ4v) is 2.64. The van der Waals surface area contributed by atoms with Crippen molar-refractivity contribution in [2.75, 3.05) is 19.5 Å². The minimum Gasteiger partial charge on any atom is -0.496 e. The highest BCUT2D eigenvalue weighted by Gasteiger charge is 2.20.